The van der Waals surface area contributed by atoms with Gasteiger partial charge >= 0.3 is 0 Å². The molecule has 4 nitrogen and oxygen atoms in total. The predicted molar refractivity (Wildman–Crippen MR) is 68.9 cm³/mol. The van der Waals surface area contributed by atoms with Crippen LogP contribution in [0.2, 0.25) is 0 Å². The molecule has 1 aromatic heterocycles. The fraction of sp³-hybridized carbons (Fsp3) is 0.636. The molecule has 1 unspecified atom stereocenters. The van der Waals surface area contributed by atoms with E-state index in [-0.39, 0.29) is 0 Å². The first kappa shape index (κ1) is 11.5. The van der Waals surface area contributed by atoms with Crippen LogP contribution in [0, 0.1) is 0 Å². The van der Waals surface area contributed by atoms with Crippen molar-refractivity contribution >= 4 is 16.9 Å². The van der Waals surface area contributed by atoms with Gasteiger partial charge in [-0.25, -0.2) is 0 Å². The first-order chi connectivity index (χ1) is 7.74. The molecule has 16 heavy (non-hydrogen) atoms. The van der Waals surface area contributed by atoms with Gasteiger partial charge in [0.05, 0.1) is 6.20 Å². The van der Waals surface area contributed by atoms with Gasteiger partial charge in [-0.1, -0.05) is 11.8 Å². The number of thioether (sulfide) groups is 1. The van der Waals surface area contributed by atoms with Crippen LogP contribution in [-0.2, 0) is 13.5 Å². The Morgan fingerprint density at radius 3 is 3.25 bits per heavy atom. The van der Waals surface area contributed by atoms with E-state index in [1.54, 1.807) is 0 Å². The van der Waals surface area contributed by atoms with E-state index in [0.29, 0.717) is 6.04 Å². The number of aryl methyl sites for hydroxylation is 1. The molecule has 88 valence electrons. The molecule has 2 rings (SSSR count). The summed E-state index contributed by atoms with van der Waals surface area (Å²) >= 11 is 1.83. The lowest BCUT2D eigenvalue weighted by molar-refractivity contribution is 0.642. The van der Waals surface area contributed by atoms with E-state index < -0.39 is 0 Å². The average molecular weight is 238 g/mol. The normalized spacial score (nSPS) is 23.4. The van der Waals surface area contributed by atoms with E-state index in [2.05, 4.69) is 22.3 Å². The third-order valence-corrected chi connectivity index (χ3v) is 3.53. The molecule has 1 N–H and O–H groups in total. The lowest BCUT2D eigenvalue weighted by atomic mass is 10.2. The Morgan fingerprint density at radius 1 is 1.69 bits per heavy atom. The molecular weight excluding hydrogens is 220 g/mol. The molecule has 1 fully saturated rings. The second kappa shape index (κ2) is 5.39. The zero-order valence-electron chi connectivity index (χ0n) is 9.81. The number of hydrogen-bond donors (Lipinski definition) is 1. The van der Waals surface area contributed by atoms with Crippen molar-refractivity contribution in [1.82, 2.24) is 15.1 Å². The molecule has 0 radical (unpaired) electrons. The SMILES string of the molecule is CC1CCSC(=NCCc2cnn(C)c2)N1. The molecule has 0 saturated carbocycles. The molecular formula is C11H18N4S. The summed E-state index contributed by atoms with van der Waals surface area (Å²) in [5, 5.41) is 8.64. The molecule has 1 aliphatic rings. The Labute approximate surface area is 101 Å². The van der Waals surface area contributed by atoms with Crippen LogP contribution < -0.4 is 5.32 Å². The second-order valence-electron chi connectivity index (χ2n) is 4.14. The third-order valence-electron chi connectivity index (χ3n) is 2.57. The zero-order valence-corrected chi connectivity index (χ0v) is 10.6. The number of hydrogen-bond acceptors (Lipinski definition) is 3. The highest BCUT2D eigenvalue weighted by atomic mass is 32.2. The van der Waals surface area contributed by atoms with Crippen LogP contribution in [0.5, 0.6) is 0 Å². The van der Waals surface area contributed by atoms with Crippen LogP contribution in [0.15, 0.2) is 17.4 Å². The van der Waals surface area contributed by atoms with Gasteiger partial charge in [-0.15, -0.1) is 0 Å². The monoisotopic (exact) mass is 238 g/mol. The van der Waals surface area contributed by atoms with Crippen LogP contribution >= 0.6 is 11.8 Å². The largest absolute Gasteiger partial charge is 0.362 e. The van der Waals surface area contributed by atoms with Gasteiger partial charge in [0.25, 0.3) is 0 Å². The summed E-state index contributed by atoms with van der Waals surface area (Å²) in [6.45, 7) is 3.05. The van der Waals surface area contributed by atoms with Gasteiger partial charge < -0.3 is 5.32 Å². The van der Waals surface area contributed by atoms with E-state index in [9.17, 15) is 0 Å². The first-order valence-corrected chi connectivity index (χ1v) is 6.64. The van der Waals surface area contributed by atoms with Crippen molar-refractivity contribution in [3.05, 3.63) is 18.0 Å². The summed E-state index contributed by atoms with van der Waals surface area (Å²) in [6.07, 6.45) is 6.15. The number of amidine groups is 1. The fourth-order valence-electron chi connectivity index (χ4n) is 1.64. The van der Waals surface area contributed by atoms with Crippen molar-refractivity contribution in [3.63, 3.8) is 0 Å². The highest BCUT2D eigenvalue weighted by Gasteiger charge is 2.12. The summed E-state index contributed by atoms with van der Waals surface area (Å²) in [4.78, 5) is 4.57. The lowest BCUT2D eigenvalue weighted by Gasteiger charge is -2.21. The number of aromatic nitrogens is 2. The second-order valence-corrected chi connectivity index (χ2v) is 5.23. The van der Waals surface area contributed by atoms with Crippen LogP contribution in [0.25, 0.3) is 0 Å². The molecule has 1 saturated heterocycles. The van der Waals surface area contributed by atoms with Gasteiger partial charge in [-0.2, -0.15) is 5.10 Å². The first-order valence-electron chi connectivity index (χ1n) is 5.65. The van der Waals surface area contributed by atoms with Crippen LogP contribution in [-0.4, -0.2) is 33.3 Å². The van der Waals surface area contributed by atoms with Crippen LogP contribution in [0.3, 0.4) is 0 Å². The third kappa shape index (κ3) is 3.27. The van der Waals surface area contributed by atoms with Crippen molar-refractivity contribution < 1.29 is 0 Å². The quantitative estimate of drug-likeness (QED) is 0.866. The summed E-state index contributed by atoms with van der Waals surface area (Å²) in [5.41, 5.74) is 1.25. The summed E-state index contributed by atoms with van der Waals surface area (Å²) in [6, 6.07) is 0.568. The molecule has 1 aromatic rings. The van der Waals surface area contributed by atoms with Gasteiger partial charge in [0.1, 0.15) is 0 Å². The maximum absolute atomic E-state index is 4.57. The average Bonchev–Trinajstić information content (AvgIpc) is 2.64. The molecule has 0 aromatic carbocycles. The van der Waals surface area contributed by atoms with Gasteiger partial charge in [-0.05, 0) is 25.3 Å². The maximum Gasteiger partial charge on any atom is 0.156 e. The molecule has 0 bridgehead atoms. The Balaban J connectivity index is 1.80. The summed E-state index contributed by atoms with van der Waals surface area (Å²) < 4.78 is 1.83. The lowest BCUT2D eigenvalue weighted by Crippen LogP contribution is -2.35. The molecule has 1 aliphatic heterocycles. The highest BCUT2D eigenvalue weighted by Crippen LogP contribution is 2.13. The van der Waals surface area contributed by atoms with Crippen LogP contribution in [0.1, 0.15) is 18.9 Å². The van der Waals surface area contributed by atoms with Gasteiger partial charge in [0.2, 0.25) is 0 Å². The molecule has 2 heterocycles. The zero-order chi connectivity index (χ0) is 11.4. The Morgan fingerprint density at radius 2 is 2.56 bits per heavy atom. The van der Waals surface area contributed by atoms with Crippen LogP contribution in [0.4, 0.5) is 0 Å². The maximum atomic E-state index is 4.57. The Bertz CT molecular complexity index is 372. The topological polar surface area (TPSA) is 42.2 Å². The molecule has 1 atom stereocenters. The van der Waals surface area contributed by atoms with E-state index in [0.717, 1.165) is 18.1 Å². The van der Waals surface area contributed by atoms with Gasteiger partial charge in [-0.3, -0.25) is 9.67 Å². The Kier molecular flexibility index (Phi) is 3.88. The van der Waals surface area contributed by atoms with Crippen molar-refractivity contribution in [1.29, 1.82) is 0 Å². The van der Waals surface area contributed by atoms with Crippen molar-refractivity contribution in [2.45, 2.75) is 25.8 Å². The standard InChI is InChI=1S/C11H18N4S/c1-9-4-6-16-11(14-9)12-5-3-10-7-13-15(2)8-10/h7-9H,3-6H2,1-2H3,(H,12,14). The van der Waals surface area contributed by atoms with E-state index in [1.807, 2.05) is 35.9 Å². The molecule has 0 amide bonds. The molecule has 5 heteroatoms. The minimum absolute atomic E-state index is 0.568. The summed E-state index contributed by atoms with van der Waals surface area (Å²) in [7, 11) is 1.94. The number of rotatable bonds is 3. The van der Waals surface area contributed by atoms with Crippen molar-refractivity contribution in [2.24, 2.45) is 12.0 Å². The van der Waals surface area contributed by atoms with Gasteiger partial charge in [0.15, 0.2) is 5.17 Å². The fourth-order valence-corrected chi connectivity index (χ4v) is 2.77. The smallest absolute Gasteiger partial charge is 0.156 e. The Hall–Kier alpha value is -0.970. The molecule has 0 spiro atoms. The summed E-state index contributed by atoms with van der Waals surface area (Å²) in [5.74, 6) is 1.18. The minimum Gasteiger partial charge on any atom is -0.362 e. The highest BCUT2D eigenvalue weighted by molar-refractivity contribution is 8.13. The predicted octanol–water partition coefficient (Wildman–Crippen LogP) is 1.43. The van der Waals surface area contributed by atoms with Gasteiger partial charge in [0, 0.05) is 31.6 Å². The van der Waals surface area contributed by atoms with E-state index in [4.69, 9.17) is 0 Å². The van der Waals surface area contributed by atoms with Crippen molar-refractivity contribution in [2.75, 3.05) is 12.3 Å². The number of nitrogens with one attached hydrogen (secondary N) is 1. The minimum atomic E-state index is 0.568. The number of aliphatic imine (C=N–C) groups is 1. The van der Waals surface area contributed by atoms with Crippen molar-refractivity contribution in [3.8, 4) is 0 Å². The van der Waals surface area contributed by atoms with E-state index in [1.165, 1.54) is 17.7 Å². The van der Waals surface area contributed by atoms with E-state index >= 15 is 0 Å². The number of nitrogens with zero attached hydrogens (tertiary/aromatic N) is 3. The molecule has 0 aliphatic carbocycles.